The molecule has 8 heteroatoms. The predicted octanol–water partition coefficient (Wildman–Crippen LogP) is 4.58. The van der Waals surface area contributed by atoms with Crippen molar-refractivity contribution in [1.29, 1.82) is 0 Å². The van der Waals surface area contributed by atoms with E-state index in [9.17, 15) is 4.79 Å². The standard InChI is InChI=1S/C20H30BClN2O4/c1-13-14(9-10-16(22)24-13)11-15(12-23-17(25)26-18(2,3)4)21-27-19(5,6)20(7,8)28-21/h9-11H,12H2,1-8H3,(H,23,25). The maximum Gasteiger partial charge on any atom is 0.492 e. The fourth-order valence-corrected chi connectivity index (χ4v) is 2.77. The number of aryl methyl sites for hydroxylation is 1. The molecule has 0 bridgehead atoms. The Balaban J connectivity index is 2.28. The van der Waals surface area contributed by atoms with Crippen molar-refractivity contribution in [2.24, 2.45) is 0 Å². The van der Waals surface area contributed by atoms with E-state index >= 15 is 0 Å². The van der Waals surface area contributed by atoms with E-state index in [4.69, 9.17) is 25.6 Å². The van der Waals surface area contributed by atoms with Gasteiger partial charge in [0.15, 0.2) is 0 Å². The number of hydrogen-bond acceptors (Lipinski definition) is 5. The molecule has 1 amide bonds. The second-order valence-electron chi connectivity index (χ2n) is 8.97. The average Bonchev–Trinajstić information content (AvgIpc) is 2.71. The van der Waals surface area contributed by atoms with Crippen LogP contribution in [0.25, 0.3) is 6.08 Å². The summed E-state index contributed by atoms with van der Waals surface area (Å²) >= 11 is 5.96. The van der Waals surface area contributed by atoms with Gasteiger partial charge in [-0.25, -0.2) is 9.78 Å². The number of rotatable bonds is 4. The number of ether oxygens (including phenoxy) is 1. The van der Waals surface area contributed by atoms with E-state index in [1.165, 1.54) is 0 Å². The first-order chi connectivity index (χ1) is 12.7. The highest BCUT2D eigenvalue weighted by Crippen LogP contribution is 2.38. The van der Waals surface area contributed by atoms with Gasteiger partial charge in [-0.3, -0.25) is 0 Å². The van der Waals surface area contributed by atoms with Gasteiger partial charge in [-0.2, -0.15) is 0 Å². The van der Waals surface area contributed by atoms with Gasteiger partial charge in [-0.15, -0.1) is 0 Å². The van der Waals surface area contributed by atoms with Gasteiger partial charge in [0.05, 0.1) is 11.2 Å². The number of aromatic nitrogens is 1. The molecule has 1 saturated heterocycles. The quantitative estimate of drug-likeness (QED) is 0.583. The Morgan fingerprint density at radius 3 is 2.32 bits per heavy atom. The van der Waals surface area contributed by atoms with Crippen LogP contribution in [0.3, 0.4) is 0 Å². The molecule has 0 aliphatic carbocycles. The number of nitrogens with zero attached hydrogens (tertiary/aromatic N) is 1. The highest BCUT2D eigenvalue weighted by Gasteiger charge is 2.52. The van der Waals surface area contributed by atoms with Crippen molar-refractivity contribution in [2.75, 3.05) is 6.54 Å². The normalized spacial score (nSPS) is 18.9. The first-order valence-electron chi connectivity index (χ1n) is 9.36. The van der Waals surface area contributed by atoms with Crippen LogP contribution in [-0.2, 0) is 14.0 Å². The fourth-order valence-electron chi connectivity index (χ4n) is 2.58. The van der Waals surface area contributed by atoms with Crippen molar-refractivity contribution in [3.8, 4) is 0 Å². The lowest BCUT2D eigenvalue weighted by Gasteiger charge is -2.32. The SMILES string of the molecule is Cc1nc(Cl)ccc1C=C(CNC(=O)OC(C)(C)C)B1OC(C)(C)C(C)(C)O1. The number of halogens is 1. The van der Waals surface area contributed by atoms with E-state index < -0.39 is 30.0 Å². The molecule has 1 aromatic heterocycles. The largest absolute Gasteiger partial charge is 0.492 e. The molecule has 0 aromatic carbocycles. The summed E-state index contributed by atoms with van der Waals surface area (Å²) in [7, 11) is -0.602. The van der Waals surface area contributed by atoms with Crippen molar-refractivity contribution >= 4 is 30.9 Å². The lowest BCUT2D eigenvalue weighted by Crippen LogP contribution is -2.41. The molecule has 0 saturated carbocycles. The summed E-state index contributed by atoms with van der Waals surface area (Å²) in [5.74, 6) is 0. The average molecular weight is 409 g/mol. The molecule has 1 fully saturated rings. The zero-order valence-corrected chi connectivity index (χ0v) is 18.7. The second kappa shape index (κ2) is 8.05. The first-order valence-corrected chi connectivity index (χ1v) is 9.74. The summed E-state index contributed by atoms with van der Waals surface area (Å²) in [5.41, 5.74) is 0.858. The van der Waals surface area contributed by atoms with Gasteiger partial charge < -0.3 is 19.4 Å². The summed E-state index contributed by atoms with van der Waals surface area (Å²) < 4.78 is 17.7. The minimum atomic E-state index is -0.602. The van der Waals surface area contributed by atoms with Gasteiger partial charge in [0.2, 0.25) is 0 Å². The number of hydrogen-bond donors (Lipinski definition) is 1. The van der Waals surface area contributed by atoms with Gasteiger partial charge in [0, 0.05) is 12.2 Å². The highest BCUT2D eigenvalue weighted by molar-refractivity contribution is 6.56. The third-order valence-corrected chi connectivity index (χ3v) is 5.04. The second-order valence-corrected chi connectivity index (χ2v) is 9.36. The van der Waals surface area contributed by atoms with Crippen LogP contribution in [0.1, 0.15) is 59.7 Å². The van der Waals surface area contributed by atoms with Crippen LogP contribution in [0.15, 0.2) is 17.6 Å². The lowest BCUT2D eigenvalue weighted by atomic mass is 9.77. The number of carbonyl (C=O) groups is 1. The molecule has 1 aliphatic rings. The molecule has 154 valence electrons. The Morgan fingerprint density at radius 1 is 1.25 bits per heavy atom. The smallest absolute Gasteiger partial charge is 0.444 e. The molecule has 2 heterocycles. The van der Waals surface area contributed by atoms with E-state index in [0.29, 0.717) is 5.15 Å². The van der Waals surface area contributed by atoms with Crippen LogP contribution < -0.4 is 5.32 Å². The van der Waals surface area contributed by atoms with E-state index in [0.717, 1.165) is 16.7 Å². The lowest BCUT2D eigenvalue weighted by molar-refractivity contribution is 0.00578. The van der Waals surface area contributed by atoms with Gasteiger partial charge in [0.25, 0.3) is 0 Å². The third-order valence-electron chi connectivity index (χ3n) is 4.83. The molecule has 0 spiro atoms. The van der Waals surface area contributed by atoms with E-state index in [2.05, 4.69) is 10.3 Å². The van der Waals surface area contributed by atoms with E-state index in [1.54, 1.807) is 6.07 Å². The van der Waals surface area contributed by atoms with Crippen LogP contribution >= 0.6 is 11.6 Å². The zero-order chi connectivity index (χ0) is 21.3. The first kappa shape index (κ1) is 22.7. The number of alkyl carbamates (subject to hydrolysis) is 1. The number of carbonyl (C=O) groups excluding carboxylic acids is 1. The Morgan fingerprint density at radius 2 is 1.82 bits per heavy atom. The molecule has 1 N–H and O–H groups in total. The van der Waals surface area contributed by atoms with Gasteiger partial charge >= 0.3 is 13.2 Å². The zero-order valence-electron chi connectivity index (χ0n) is 18.0. The topological polar surface area (TPSA) is 69.7 Å². The number of nitrogens with one attached hydrogen (secondary N) is 1. The summed E-state index contributed by atoms with van der Waals surface area (Å²) in [6.07, 6.45) is 1.42. The van der Waals surface area contributed by atoms with Crippen molar-refractivity contribution in [3.63, 3.8) is 0 Å². The summed E-state index contributed by atoms with van der Waals surface area (Å²) in [6, 6.07) is 3.60. The van der Waals surface area contributed by atoms with Gasteiger partial charge in [-0.05, 0) is 72.5 Å². The van der Waals surface area contributed by atoms with Gasteiger partial charge in [0.1, 0.15) is 10.8 Å². The molecule has 0 unspecified atom stereocenters. The maximum atomic E-state index is 12.1. The molecule has 0 radical (unpaired) electrons. The molecule has 1 aliphatic heterocycles. The molecule has 6 nitrogen and oxygen atoms in total. The van der Waals surface area contributed by atoms with Crippen LogP contribution in [0.2, 0.25) is 5.15 Å². The van der Waals surface area contributed by atoms with Crippen LogP contribution in [0.5, 0.6) is 0 Å². The summed E-state index contributed by atoms with van der Waals surface area (Å²) in [5, 5.41) is 3.22. The van der Waals surface area contributed by atoms with Crippen molar-refractivity contribution in [1.82, 2.24) is 10.3 Å². The van der Waals surface area contributed by atoms with Crippen molar-refractivity contribution in [3.05, 3.63) is 34.0 Å². The minimum absolute atomic E-state index is 0.216. The molecule has 0 atom stereocenters. The predicted molar refractivity (Wildman–Crippen MR) is 112 cm³/mol. The number of amides is 1. The number of pyridine rings is 1. The molecule has 1 aromatic rings. The monoisotopic (exact) mass is 408 g/mol. The van der Waals surface area contributed by atoms with Crippen LogP contribution in [0.4, 0.5) is 4.79 Å². The fraction of sp³-hybridized carbons (Fsp3) is 0.600. The molecule has 2 rings (SSSR count). The summed E-state index contributed by atoms with van der Waals surface area (Å²) in [4.78, 5) is 16.4. The van der Waals surface area contributed by atoms with Crippen molar-refractivity contribution in [2.45, 2.75) is 72.2 Å². The third kappa shape index (κ3) is 5.72. The molecular weight excluding hydrogens is 378 g/mol. The molecule has 28 heavy (non-hydrogen) atoms. The van der Waals surface area contributed by atoms with Gasteiger partial charge in [-0.1, -0.05) is 23.7 Å². The Labute approximate surface area is 173 Å². The van der Waals surface area contributed by atoms with Crippen molar-refractivity contribution < 1.29 is 18.8 Å². The Hall–Kier alpha value is -1.57. The van der Waals surface area contributed by atoms with Crippen LogP contribution in [-0.4, -0.2) is 41.5 Å². The van der Waals surface area contributed by atoms with Crippen LogP contribution in [0, 0.1) is 6.92 Å². The Kier molecular flexibility index (Phi) is 6.53. The summed E-state index contributed by atoms with van der Waals surface area (Å²) in [6.45, 7) is 15.5. The Bertz CT molecular complexity index is 756. The van der Waals surface area contributed by atoms with E-state index in [1.807, 2.05) is 67.5 Å². The maximum absolute atomic E-state index is 12.1. The molecular formula is C20H30BClN2O4. The van der Waals surface area contributed by atoms with E-state index in [-0.39, 0.29) is 6.54 Å². The minimum Gasteiger partial charge on any atom is -0.444 e. The highest BCUT2D eigenvalue weighted by atomic mass is 35.5.